The second kappa shape index (κ2) is 4.23. The van der Waals surface area contributed by atoms with Crippen LogP contribution in [0.3, 0.4) is 0 Å². The van der Waals surface area contributed by atoms with Gasteiger partial charge in [0.15, 0.2) is 0 Å². The van der Waals surface area contributed by atoms with Crippen LogP contribution in [0, 0.1) is 12.7 Å². The zero-order valence-electron chi connectivity index (χ0n) is 10.8. The maximum Gasteiger partial charge on any atom is 0.280 e. The van der Waals surface area contributed by atoms with Gasteiger partial charge in [-0.1, -0.05) is 18.7 Å². The summed E-state index contributed by atoms with van der Waals surface area (Å²) < 4.78 is 17.3. The maximum atomic E-state index is 14.1. The summed E-state index contributed by atoms with van der Waals surface area (Å²) in [5.41, 5.74) is 1.46. The van der Waals surface area contributed by atoms with Gasteiger partial charge in [0.05, 0.1) is 5.69 Å². The Balaban J connectivity index is 2.36. The second-order valence-corrected chi connectivity index (χ2v) is 4.89. The second-order valence-electron chi connectivity index (χ2n) is 4.89. The van der Waals surface area contributed by atoms with Gasteiger partial charge in [0, 0.05) is 6.54 Å². The van der Waals surface area contributed by atoms with Crippen molar-refractivity contribution in [2.24, 2.45) is 0 Å². The van der Waals surface area contributed by atoms with Crippen LogP contribution in [0.4, 0.5) is 4.39 Å². The van der Waals surface area contributed by atoms with E-state index in [-0.39, 0.29) is 11.2 Å². The van der Waals surface area contributed by atoms with Crippen LogP contribution in [-0.4, -0.2) is 9.13 Å². The van der Waals surface area contributed by atoms with Crippen molar-refractivity contribution in [2.75, 3.05) is 0 Å². The molecule has 0 fully saturated rings. The third-order valence-corrected chi connectivity index (χ3v) is 3.55. The highest BCUT2D eigenvalue weighted by molar-refractivity contribution is 5.37. The van der Waals surface area contributed by atoms with Crippen molar-refractivity contribution in [1.82, 2.24) is 9.13 Å². The Bertz CT molecular complexity index is 814. The molecule has 1 aliphatic rings. The summed E-state index contributed by atoms with van der Waals surface area (Å²) in [4.78, 5) is 12.4. The molecule has 0 radical (unpaired) electrons. The van der Waals surface area contributed by atoms with Crippen molar-refractivity contribution >= 4 is 12.7 Å². The summed E-state index contributed by atoms with van der Waals surface area (Å²) in [7, 11) is 0. The first-order valence-electron chi connectivity index (χ1n) is 6.37. The number of nitrogens with zero attached hydrogens (tertiary/aromatic N) is 2. The van der Waals surface area contributed by atoms with Gasteiger partial charge in [-0.25, -0.2) is 4.39 Å². The molecule has 0 atom stereocenters. The van der Waals surface area contributed by atoms with E-state index in [9.17, 15) is 9.18 Å². The molecular formula is C15H15FN2O. The maximum absolute atomic E-state index is 14.1. The van der Waals surface area contributed by atoms with Crippen LogP contribution in [0.5, 0.6) is 0 Å². The van der Waals surface area contributed by atoms with Crippen molar-refractivity contribution in [1.29, 1.82) is 0 Å². The quantitative estimate of drug-likeness (QED) is 0.751. The van der Waals surface area contributed by atoms with Gasteiger partial charge in [-0.3, -0.25) is 9.36 Å². The topological polar surface area (TPSA) is 26.9 Å². The molecule has 0 aliphatic carbocycles. The van der Waals surface area contributed by atoms with E-state index in [1.807, 2.05) is 17.6 Å². The van der Waals surface area contributed by atoms with Crippen molar-refractivity contribution in [3.8, 4) is 5.69 Å². The number of hydrogen-bond acceptors (Lipinski definition) is 1. The molecule has 0 bridgehead atoms. The van der Waals surface area contributed by atoms with E-state index in [1.54, 1.807) is 12.1 Å². The van der Waals surface area contributed by atoms with Gasteiger partial charge >= 0.3 is 0 Å². The predicted octanol–water partition coefficient (Wildman–Crippen LogP) is 1.07. The molecule has 0 saturated heterocycles. The molecule has 98 valence electrons. The minimum Gasteiger partial charge on any atom is -0.324 e. The molecule has 2 heterocycles. The highest BCUT2D eigenvalue weighted by atomic mass is 19.1. The molecule has 0 saturated carbocycles. The summed E-state index contributed by atoms with van der Waals surface area (Å²) in [6.45, 7) is 6.52. The number of imidazole rings is 1. The summed E-state index contributed by atoms with van der Waals surface area (Å²) in [5.74, 6) is -0.394. The van der Waals surface area contributed by atoms with Gasteiger partial charge in [0.25, 0.3) is 5.56 Å². The Kier molecular flexibility index (Phi) is 2.66. The van der Waals surface area contributed by atoms with Crippen LogP contribution in [-0.2, 0) is 6.54 Å². The molecule has 0 amide bonds. The van der Waals surface area contributed by atoms with Gasteiger partial charge in [-0.2, -0.15) is 0 Å². The van der Waals surface area contributed by atoms with E-state index < -0.39 is 5.82 Å². The molecule has 0 spiro atoms. The zero-order chi connectivity index (χ0) is 13.6. The summed E-state index contributed by atoms with van der Waals surface area (Å²) >= 11 is 0. The third kappa shape index (κ3) is 1.75. The SMILES string of the molecule is C=c1n2c(c(=O)n1-c1ccc(C)cc1F)=CCCC2. The number of rotatable bonds is 1. The number of aromatic nitrogens is 2. The minimum absolute atomic E-state index is 0.188. The fourth-order valence-electron chi connectivity index (χ4n) is 2.58. The molecule has 1 aromatic carbocycles. The predicted molar refractivity (Wildman–Crippen MR) is 73.2 cm³/mol. The van der Waals surface area contributed by atoms with Crippen molar-refractivity contribution < 1.29 is 4.39 Å². The number of hydrogen-bond donors (Lipinski definition) is 0. The molecule has 1 aromatic heterocycles. The van der Waals surface area contributed by atoms with E-state index in [0.717, 1.165) is 24.9 Å². The van der Waals surface area contributed by atoms with Crippen molar-refractivity contribution in [2.45, 2.75) is 26.3 Å². The van der Waals surface area contributed by atoms with Crippen LogP contribution in [0.15, 0.2) is 23.0 Å². The Labute approximate surface area is 109 Å². The first kappa shape index (κ1) is 12.0. The fraction of sp³-hybridized carbons (Fsp3) is 0.267. The van der Waals surface area contributed by atoms with Crippen LogP contribution >= 0.6 is 0 Å². The van der Waals surface area contributed by atoms with Gasteiger partial charge in [0.2, 0.25) is 0 Å². The fourth-order valence-corrected chi connectivity index (χ4v) is 2.58. The summed E-state index contributed by atoms with van der Waals surface area (Å²) in [5, 5.41) is 0.622. The molecular weight excluding hydrogens is 243 g/mol. The third-order valence-electron chi connectivity index (χ3n) is 3.55. The van der Waals surface area contributed by atoms with E-state index >= 15 is 0 Å². The van der Waals surface area contributed by atoms with Crippen LogP contribution in [0.25, 0.3) is 18.3 Å². The van der Waals surface area contributed by atoms with E-state index in [1.165, 1.54) is 10.6 Å². The summed E-state index contributed by atoms with van der Waals surface area (Å²) in [6.07, 6.45) is 3.78. The van der Waals surface area contributed by atoms with Crippen molar-refractivity contribution in [3.63, 3.8) is 0 Å². The number of halogens is 1. The Hall–Kier alpha value is -2.10. The lowest BCUT2D eigenvalue weighted by molar-refractivity contribution is 0.592. The lowest BCUT2D eigenvalue weighted by Gasteiger charge is -2.08. The van der Waals surface area contributed by atoms with Crippen LogP contribution in [0.2, 0.25) is 0 Å². The van der Waals surface area contributed by atoms with Gasteiger partial charge in [-0.05, 0) is 37.5 Å². The molecule has 4 heteroatoms. The minimum atomic E-state index is -0.394. The van der Waals surface area contributed by atoms with Gasteiger partial charge < -0.3 is 4.57 Å². The van der Waals surface area contributed by atoms with Gasteiger partial charge in [0.1, 0.15) is 16.6 Å². The number of fused-ring (bicyclic) bond motifs is 1. The summed E-state index contributed by atoms with van der Waals surface area (Å²) in [6, 6.07) is 4.86. The molecule has 19 heavy (non-hydrogen) atoms. The molecule has 0 N–H and O–H groups in total. The Morgan fingerprint density at radius 2 is 2.16 bits per heavy atom. The largest absolute Gasteiger partial charge is 0.324 e. The lowest BCUT2D eigenvalue weighted by Crippen LogP contribution is -2.34. The average Bonchev–Trinajstić information content (AvgIpc) is 2.64. The van der Waals surface area contributed by atoms with E-state index in [2.05, 4.69) is 6.58 Å². The number of benzene rings is 1. The van der Waals surface area contributed by atoms with E-state index in [4.69, 9.17) is 0 Å². The molecule has 0 unspecified atom stereocenters. The highest BCUT2D eigenvalue weighted by Crippen LogP contribution is 2.11. The Morgan fingerprint density at radius 1 is 1.37 bits per heavy atom. The molecule has 1 aliphatic heterocycles. The molecule has 3 rings (SSSR count). The van der Waals surface area contributed by atoms with Gasteiger partial charge in [-0.15, -0.1) is 0 Å². The Morgan fingerprint density at radius 3 is 2.84 bits per heavy atom. The number of aryl methyl sites for hydroxylation is 1. The first-order chi connectivity index (χ1) is 9.09. The normalized spacial score (nSPS) is 14.0. The van der Waals surface area contributed by atoms with Crippen LogP contribution in [0.1, 0.15) is 18.4 Å². The zero-order valence-corrected chi connectivity index (χ0v) is 10.8. The van der Waals surface area contributed by atoms with Crippen molar-refractivity contribution in [3.05, 3.63) is 50.8 Å². The van der Waals surface area contributed by atoms with Crippen LogP contribution < -0.4 is 16.4 Å². The molecule has 2 aromatic rings. The monoisotopic (exact) mass is 258 g/mol. The molecule has 3 nitrogen and oxygen atoms in total. The first-order valence-corrected chi connectivity index (χ1v) is 6.37. The standard InChI is InChI=1S/C15H15FN2O/c1-10-6-7-13(12(16)9-10)18-11(2)17-8-4-3-5-14(17)15(18)19/h5-7,9H,2-4,8H2,1H3. The highest BCUT2D eigenvalue weighted by Gasteiger charge is 2.15. The lowest BCUT2D eigenvalue weighted by atomic mass is 10.2. The smallest absolute Gasteiger partial charge is 0.280 e. The average molecular weight is 258 g/mol. The van der Waals surface area contributed by atoms with E-state index in [0.29, 0.717) is 10.8 Å².